The average molecular weight is 678 g/mol. The number of ether oxygens (including phenoxy) is 3. The molecule has 6 nitrogen and oxygen atoms in total. The van der Waals surface area contributed by atoms with E-state index in [9.17, 15) is 17.2 Å². The summed E-state index contributed by atoms with van der Waals surface area (Å²) in [6, 6.07) is 39.4. The van der Waals surface area contributed by atoms with Crippen molar-refractivity contribution in [1.29, 1.82) is 0 Å². The van der Waals surface area contributed by atoms with Crippen molar-refractivity contribution in [3.63, 3.8) is 0 Å². The first kappa shape index (κ1) is 33.1. The lowest BCUT2D eigenvalue weighted by molar-refractivity contribution is -0.212. The first-order chi connectivity index (χ1) is 22.3. The lowest BCUT2D eigenvalue weighted by Gasteiger charge is -2.44. The van der Waals surface area contributed by atoms with Crippen LogP contribution in [-0.4, -0.2) is 43.1 Å². The molecule has 0 saturated carbocycles. The summed E-state index contributed by atoms with van der Waals surface area (Å²) < 4.78 is 77.7. The Bertz CT molecular complexity index is 1950. The summed E-state index contributed by atoms with van der Waals surface area (Å²) >= 11 is 0. The maximum atomic E-state index is 14.1. The monoisotopic (exact) mass is 677 g/mol. The van der Waals surface area contributed by atoms with E-state index in [4.69, 9.17) is 18.8 Å². The van der Waals surface area contributed by atoms with Crippen LogP contribution in [0.25, 0.3) is 10.8 Å². The van der Waals surface area contributed by atoms with Gasteiger partial charge in [0.05, 0.1) is 29.7 Å². The molecule has 244 valence electrons. The zero-order chi connectivity index (χ0) is 33.5. The molecule has 0 radical (unpaired) electrons. The van der Waals surface area contributed by atoms with Crippen molar-refractivity contribution in [2.24, 2.45) is 0 Å². The summed E-state index contributed by atoms with van der Waals surface area (Å²) in [5.41, 5.74) is 0.728. The number of rotatable bonds is 9. The lowest BCUT2D eigenvalue weighted by atomic mass is 9.84. The third-order valence-electron chi connectivity index (χ3n) is 8.27. The summed E-state index contributed by atoms with van der Waals surface area (Å²) in [4.78, 5) is 2.96. The predicted octanol–water partition coefficient (Wildman–Crippen LogP) is 8.25. The van der Waals surface area contributed by atoms with E-state index >= 15 is 0 Å². The maximum absolute atomic E-state index is 14.1. The normalized spacial score (nSPS) is 19.6. The smallest absolute Gasteiger partial charge is 0.405 e. The van der Waals surface area contributed by atoms with Crippen molar-refractivity contribution in [3.8, 4) is 5.75 Å². The molecular formula is C37H35F2O6S2+. The fourth-order valence-electron chi connectivity index (χ4n) is 5.58. The minimum absolute atomic E-state index is 0.0474. The molecule has 0 spiro atoms. The molecule has 1 N–H and O–H groups in total. The maximum Gasteiger partial charge on any atom is 0.405 e. The van der Waals surface area contributed by atoms with Gasteiger partial charge in [-0.15, -0.1) is 0 Å². The van der Waals surface area contributed by atoms with Crippen molar-refractivity contribution < 1.29 is 36.0 Å². The molecule has 5 aromatic carbocycles. The minimum Gasteiger partial charge on any atom is -0.483 e. The Morgan fingerprint density at radius 3 is 1.89 bits per heavy atom. The fourth-order valence-corrected chi connectivity index (χ4v) is 8.11. The third-order valence-corrected chi connectivity index (χ3v) is 11.5. The van der Waals surface area contributed by atoms with E-state index in [0.717, 1.165) is 43.5 Å². The van der Waals surface area contributed by atoms with Gasteiger partial charge in [-0.25, -0.2) is 0 Å². The van der Waals surface area contributed by atoms with E-state index < -0.39 is 43.6 Å². The summed E-state index contributed by atoms with van der Waals surface area (Å²) in [7, 11) is -6.22. The molecule has 6 rings (SSSR count). The fraction of sp³-hybridized carbons (Fsp3) is 0.243. The van der Waals surface area contributed by atoms with E-state index in [2.05, 4.69) is 54.6 Å². The Morgan fingerprint density at radius 2 is 1.30 bits per heavy atom. The number of hydrogen-bond donors (Lipinski definition) is 1. The Morgan fingerprint density at radius 1 is 0.745 bits per heavy atom. The molecule has 1 heterocycles. The van der Waals surface area contributed by atoms with Gasteiger partial charge in [0.15, 0.2) is 20.8 Å². The summed E-state index contributed by atoms with van der Waals surface area (Å²) in [5, 5.41) is -2.21. The van der Waals surface area contributed by atoms with Crippen LogP contribution >= 0.6 is 0 Å². The highest BCUT2D eigenvalue weighted by Crippen LogP contribution is 2.42. The van der Waals surface area contributed by atoms with Crippen molar-refractivity contribution in [1.82, 2.24) is 0 Å². The van der Waals surface area contributed by atoms with Gasteiger partial charge >= 0.3 is 15.4 Å². The van der Waals surface area contributed by atoms with Gasteiger partial charge in [0, 0.05) is 0 Å². The average Bonchev–Trinajstić information content (AvgIpc) is 3.06. The van der Waals surface area contributed by atoms with Crippen molar-refractivity contribution in [2.45, 2.75) is 58.0 Å². The Balaban J connectivity index is 1.35. The zero-order valence-electron chi connectivity index (χ0n) is 26.1. The Hall–Kier alpha value is -3.80. The lowest BCUT2D eigenvalue weighted by Crippen LogP contribution is -2.49. The summed E-state index contributed by atoms with van der Waals surface area (Å²) in [5.74, 6) is 0.0474. The molecule has 0 aromatic heterocycles. The Labute approximate surface area is 276 Å². The molecule has 1 aliphatic rings. The molecule has 3 atom stereocenters. The molecule has 1 aliphatic heterocycles. The van der Waals surface area contributed by atoms with E-state index in [1.54, 1.807) is 12.1 Å². The second-order valence-corrected chi connectivity index (χ2v) is 15.7. The standard InChI is InChI=1S/C37H34F2O6S2/c1-26(37(38,39)47(40,41)42)45-31-17-21-34(22-18-31)46(32-11-5-4-6-12-32)33-19-15-29(16-20-33)36(25-43-35(2,3)24-44-36)30-14-13-27-9-7-8-10-28(27)23-30/h4-23,26H,24-25H2,1-3H3/p+1. The third kappa shape index (κ3) is 6.66. The molecule has 1 saturated heterocycles. The van der Waals surface area contributed by atoms with Gasteiger partial charge < -0.3 is 14.2 Å². The zero-order valence-corrected chi connectivity index (χ0v) is 27.7. The molecule has 10 heteroatoms. The first-order valence-corrected chi connectivity index (χ1v) is 17.7. The highest BCUT2D eigenvalue weighted by atomic mass is 32.2. The largest absolute Gasteiger partial charge is 0.483 e. The second-order valence-electron chi connectivity index (χ2n) is 12.1. The van der Waals surface area contributed by atoms with Crippen LogP contribution in [-0.2, 0) is 36.1 Å². The van der Waals surface area contributed by atoms with Crippen LogP contribution in [0, 0.1) is 0 Å². The topological polar surface area (TPSA) is 82.1 Å². The number of halogens is 2. The van der Waals surface area contributed by atoms with Gasteiger partial charge in [0.2, 0.25) is 0 Å². The van der Waals surface area contributed by atoms with Crippen LogP contribution in [0.1, 0.15) is 31.9 Å². The van der Waals surface area contributed by atoms with Crippen LogP contribution < -0.4 is 4.74 Å². The van der Waals surface area contributed by atoms with E-state index in [0.29, 0.717) is 13.2 Å². The number of alkyl halides is 2. The van der Waals surface area contributed by atoms with Gasteiger partial charge in [-0.2, -0.15) is 17.2 Å². The van der Waals surface area contributed by atoms with Gasteiger partial charge in [-0.3, -0.25) is 4.55 Å². The number of fused-ring (bicyclic) bond motifs is 1. The molecule has 0 aliphatic carbocycles. The van der Waals surface area contributed by atoms with E-state index in [1.807, 2.05) is 56.3 Å². The van der Waals surface area contributed by atoms with Crippen LogP contribution in [0.15, 0.2) is 136 Å². The SMILES string of the molecule is CC(Oc1ccc([S+](c2ccccc2)c2ccc(C3(c4ccc5ccccc5c4)COC(C)(C)CO3)cc2)cc1)C(F)(F)S(=O)(=O)O. The summed E-state index contributed by atoms with van der Waals surface area (Å²) in [6.45, 7) is 5.69. The van der Waals surface area contributed by atoms with Crippen LogP contribution in [0.2, 0.25) is 0 Å². The van der Waals surface area contributed by atoms with Crippen molar-refractivity contribution >= 4 is 31.8 Å². The molecule has 47 heavy (non-hydrogen) atoms. The van der Waals surface area contributed by atoms with E-state index in [-0.39, 0.29) is 5.75 Å². The van der Waals surface area contributed by atoms with Gasteiger partial charge in [0.25, 0.3) is 0 Å². The highest BCUT2D eigenvalue weighted by molar-refractivity contribution is 7.97. The van der Waals surface area contributed by atoms with Gasteiger partial charge in [-0.1, -0.05) is 66.7 Å². The Kier molecular flexibility index (Phi) is 8.92. The molecule has 0 amide bonds. The predicted molar refractivity (Wildman–Crippen MR) is 179 cm³/mol. The van der Waals surface area contributed by atoms with Crippen LogP contribution in [0.5, 0.6) is 5.75 Å². The summed E-state index contributed by atoms with van der Waals surface area (Å²) in [6.07, 6.45) is -2.10. The number of hydrogen-bond acceptors (Lipinski definition) is 5. The molecule has 5 aromatic rings. The molecule has 1 fully saturated rings. The van der Waals surface area contributed by atoms with Gasteiger partial charge in [0.1, 0.15) is 11.4 Å². The number of benzene rings is 5. The molecular weight excluding hydrogens is 643 g/mol. The van der Waals surface area contributed by atoms with E-state index in [1.165, 1.54) is 12.1 Å². The molecule has 3 unspecified atom stereocenters. The molecule has 0 bridgehead atoms. The highest BCUT2D eigenvalue weighted by Gasteiger charge is 2.51. The van der Waals surface area contributed by atoms with Crippen molar-refractivity contribution in [2.75, 3.05) is 13.2 Å². The van der Waals surface area contributed by atoms with Crippen LogP contribution in [0.3, 0.4) is 0 Å². The second kappa shape index (κ2) is 12.7. The minimum atomic E-state index is -5.64. The first-order valence-electron chi connectivity index (χ1n) is 15.1. The van der Waals surface area contributed by atoms with Crippen molar-refractivity contribution in [3.05, 3.63) is 132 Å². The van der Waals surface area contributed by atoms with Crippen LogP contribution in [0.4, 0.5) is 8.78 Å². The van der Waals surface area contributed by atoms with Gasteiger partial charge in [-0.05, 0) is 97.3 Å². The quantitative estimate of drug-likeness (QED) is 0.125.